The molecule has 2 aromatic carbocycles. The molecule has 0 unspecified atom stereocenters. The molecule has 0 aliphatic heterocycles. The second kappa shape index (κ2) is 9.13. The van der Waals surface area contributed by atoms with Crippen LogP contribution in [0.4, 0.5) is 0 Å². The number of ether oxygens (including phenoxy) is 2. The molecule has 132 valence electrons. The van der Waals surface area contributed by atoms with Crippen molar-refractivity contribution < 1.29 is 23.9 Å². The van der Waals surface area contributed by atoms with E-state index < -0.39 is 11.9 Å². The molecular weight excluding hydrogens is 332 g/mol. The van der Waals surface area contributed by atoms with Gasteiger partial charge in [-0.05, 0) is 47.5 Å². The summed E-state index contributed by atoms with van der Waals surface area (Å²) < 4.78 is 9.26. The molecule has 2 aromatic rings. The fraction of sp³-hybridized carbons (Fsp3) is 0.0952. The quantitative estimate of drug-likeness (QED) is 0.588. The van der Waals surface area contributed by atoms with Crippen molar-refractivity contribution in [3.8, 4) is 0 Å². The van der Waals surface area contributed by atoms with Crippen molar-refractivity contribution in [2.45, 2.75) is 0 Å². The number of allylic oxidation sites excluding steroid dienone is 2. The predicted molar refractivity (Wildman–Crippen MR) is 98.6 cm³/mol. The zero-order valence-electron chi connectivity index (χ0n) is 14.5. The van der Waals surface area contributed by atoms with E-state index in [-0.39, 0.29) is 5.78 Å². The first kappa shape index (κ1) is 18.9. The van der Waals surface area contributed by atoms with E-state index in [0.29, 0.717) is 11.1 Å². The molecular formula is C21H18O5. The lowest BCUT2D eigenvalue weighted by Gasteiger charge is -1.99. The van der Waals surface area contributed by atoms with E-state index in [1.807, 2.05) is 0 Å². The van der Waals surface area contributed by atoms with Gasteiger partial charge in [-0.15, -0.1) is 0 Å². The van der Waals surface area contributed by atoms with Crippen LogP contribution in [-0.2, 0) is 14.3 Å². The Morgan fingerprint density at radius 2 is 1.00 bits per heavy atom. The molecule has 0 radical (unpaired) electrons. The number of carbonyl (C=O) groups is 3. The predicted octanol–water partition coefficient (Wildman–Crippen LogP) is 3.56. The van der Waals surface area contributed by atoms with Gasteiger partial charge in [0.2, 0.25) is 0 Å². The number of benzene rings is 2. The number of ketones is 1. The summed E-state index contributed by atoms with van der Waals surface area (Å²) in [6.07, 6.45) is 6.20. The van der Waals surface area contributed by atoms with Gasteiger partial charge in [0.05, 0.1) is 25.3 Å². The van der Waals surface area contributed by atoms with E-state index in [2.05, 4.69) is 9.47 Å². The molecule has 0 atom stereocenters. The zero-order chi connectivity index (χ0) is 18.9. The third-order valence-corrected chi connectivity index (χ3v) is 3.54. The van der Waals surface area contributed by atoms with E-state index in [1.54, 1.807) is 60.7 Å². The van der Waals surface area contributed by atoms with Crippen LogP contribution in [0.25, 0.3) is 12.2 Å². The summed E-state index contributed by atoms with van der Waals surface area (Å²) in [5, 5.41) is 0. The molecule has 0 N–H and O–H groups in total. The van der Waals surface area contributed by atoms with Crippen LogP contribution in [0.1, 0.15) is 31.8 Å². The van der Waals surface area contributed by atoms with Crippen LogP contribution in [0.3, 0.4) is 0 Å². The number of hydrogen-bond donors (Lipinski definition) is 0. The Labute approximate surface area is 151 Å². The third kappa shape index (κ3) is 5.27. The Morgan fingerprint density at radius 3 is 1.31 bits per heavy atom. The minimum Gasteiger partial charge on any atom is -0.465 e. The van der Waals surface area contributed by atoms with Gasteiger partial charge < -0.3 is 9.47 Å². The smallest absolute Gasteiger partial charge is 0.337 e. The molecule has 0 aromatic heterocycles. The maximum Gasteiger partial charge on any atom is 0.337 e. The summed E-state index contributed by atoms with van der Waals surface area (Å²) in [6.45, 7) is 0. The van der Waals surface area contributed by atoms with E-state index in [0.717, 1.165) is 11.1 Å². The van der Waals surface area contributed by atoms with Crippen molar-refractivity contribution in [3.05, 3.63) is 82.9 Å². The minimum absolute atomic E-state index is 0.181. The topological polar surface area (TPSA) is 69.7 Å². The molecule has 0 aliphatic carbocycles. The number of esters is 2. The average molecular weight is 350 g/mol. The maximum atomic E-state index is 11.9. The Hall–Kier alpha value is -3.47. The van der Waals surface area contributed by atoms with Crippen LogP contribution in [-0.4, -0.2) is 31.9 Å². The summed E-state index contributed by atoms with van der Waals surface area (Å²) in [5.41, 5.74) is 2.49. The first-order chi connectivity index (χ1) is 12.5. The van der Waals surface area contributed by atoms with Crippen LogP contribution in [0.15, 0.2) is 60.7 Å². The van der Waals surface area contributed by atoms with Crippen molar-refractivity contribution in [2.24, 2.45) is 0 Å². The van der Waals surface area contributed by atoms with E-state index in [1.165, 1.54) is 26.4 Å². The first-order valence-electron chi connectivity index (χ1n) is 7.80. The van der Waals surface area contributed by atoms with Crippen LogP contribution in [0.5, 0.6) is 0 Å². The maximum absolute atomic E-state index is 11.9. The fourth-order valence-electron chi connectivity index (χ4n) is 2.11. The first-order valence-corrected chi connectivity index (χ1v) is 7.80. The summed E-state index contributed by atoms with van der Waals surface area (Å²) >= 11 is 0. The highest BCUT2D eigenvalue weighted by Crippen LogP contribution is 2.09. The normalized spacial score (nSPS) is 10.8. The summed E-state index contributed by atoms with van der Waals surface area (Å²) in [6, 6.07) is 13.4. The van der Waals surface area contributed by atoms with Gasteiger partial charge in [-0.2, -0.15) is 0 Å². The number of methoxy groups -OCH3 is 2. The molecule has 0 spiro atoms. The van der Waals surface area contributed by atoms with Crippen molar-refractivity contribution >= 4 is 29.9 Å². The molecule has 0 amide bonds. The highest BCUT2D eigenvalue weighted by Gasteiger charge is 2.04. The molecule has 26 heavy (non-hydrogen) atoms. The number of carbonyl (C=O) groups excluding carboxylic acids is 3. The second-order valence-corrected chi connectivity index (χ2v) is 5.30. The highest BCUT2D eigenvalue weighted by molar-refractivity contribution is 6.04. The molecule has 0 fully saturated rings. The highest BCUT2D eigenvalue weighted by atomic mass is 16.5. The standard InChI is InChI=1S/C21H18O5/c1-25-20(23)17-9-3-15(4-10-17)7-13-19(22)14-8-16-5-11-18(12-6-16)21(24)26-2/h3-14H,1-2H3/b13-7-,14-8-. The number of rotatable bonds is 6. The summed E-state index contributed by atoms with van der Waals surface area (Å²) in [7, 11) is 2.65. The molecule has 0 saturated carbocycles. The van der Waals surface area contributed by atoms with Gasteiger partial charge in [0.15, 0.2) is 5.78 Å². The van der Waals surface area contributed by atoms with Gasteiger partial charge in [-0.1, -0.05) is 36.4 Å². The molecule has 5 nitrogen and oxygen atoms in total. The minimum atomic E-state index is -0.405. The lowest BCUT2D eigenvalue weighted by molar-refractivity contribution is -0.110. The fourth-order valence-corrected chi connectivity index (χ4v) is 2.11. The molecule has 0 bridgehead atoms. The second-order valence-electron chi connectivity index (χ2n) is 5.30. The van der Waals surface area contributed by atoms with Crippen molar-refractivity contribution in [1.82, 2.24) is 0 Å². The average Bonchev–Trinajstić information content (AvgIpc) is 2.70. The molecule has 0 saturated heterocycles. The monoisotopic (exact) mass is 350 g/mol. The summed E-state index contributed by atoms with van der Waals surface area (Å²) in [4.78, 5) is 34.6. The van der Waals surface area contributed by atoms with Gasteiger partial charge in [-0.25, -0.2) is 9.59 Å². The van der Waals surface area contributed by atoms with Gasteiger partial charge in [0.25, 0.3) is 0 Å². The largest absolute Gasteiger partial charge is 0.465 e. The molecule has 0 heterocycles. The number of hydrogen-bond acceptors (Lipinski definition) is 5. The molecule has 0 aliphatic rings. The molecule has 5 heteroatoms. The van der Waals surface area contributed by atoms with Crippen LogP contribution in [0.2, 0.25) is 0 Å². The molecule has 2 rings (SSSR count). The van der Waals surface area contributed by atoms with Gasteiger partial charge in [0, 0.05) is 0 Å². The van der Waals surface area contributed by atoms with Gasteiger partial charge in [-0.3, -0.25) is 4.79 Å². The Bertz CT molecular complexity index is 771. The van der Waals surface area contributed by atoms with Crippen LogP contribution >= 0.6 is 0 Å². The Morgan fingerprint density at radius 1 is 0.654 bits per heavy atom. The van der Waals surface area contributed by atoms with Crippen molar-refractivity contribution in [3.63, 3.8) is 0 Å². The van der Waals surface area contributed by atoms with Crippen molar-refractivity contribution in [2.75, 3.05) is 14.2 Å². The van der Waals surface area contributed by atoms with Crippen molar-refractivity contribution in [1.29, 1.82) is 0 Å². The van der Waals surface area contributed by atoms with E-state index >= 15 is 0 Å². The van der Waals surface area contributed by atoms with Crippen LogP contribution < -0.4 is 0 Å². The lowest BCUT2D eigenvalue weighted by Crippen LogP contribution is -2.00. The Kier molecular flexibility index (Phi) is 6.62. The van der Waals surface area contributed by atoms with Crippen LogP contribution in [0, 0.1) is 0 Å². The van der Waals surface area contributed by atoms with Gasteiger partial charge >= 0.3 is 11.9 Å². The third-order valence-electron chi connectivity index (χ3n) is 3.54. The summed E-state index contributed by atoms with van der Waals surface area (Å²) in [5.74, 6) is -0.991. The van der Waals surface area contributed by atoms with E-state index in [4.69, 9.17) is 0 Å². The van der Waals surface area contributed by atoms with Gasteiger partial charge in [0.1, 0.15) is 0 Å². The zero-order valence-corrected chi connectivity index (χ0v) is 14.5. The lowest BCUT2D eigenvalue weighted by atomic mass is 10.1. The SMILES string of the molecule is COC(=O)c1ccc(/C=C\C(=O)/C=C\c2ccc(C(=O)OC)cc2)cc1. The van der Waals surface area contributed by atoms with E-state index in [9.17, 15) is 14.4 Å². The Balaban J connectivity index is 1.97.